The van der Waals surface area contributed by atoms with Gasteiger partial charge in [0, 0.05) is 32.4 Å². The first-order chi connectivity index (χ1) is 48.3. The molecule has 12 amide bonds. The van der Waals surface area contributed by atoms with Crippen LogP contribution in [0.2, 0.25) is 0 Å². The van der Waals surface area contributed by atoms with Gasteiger partial charge in [0.25, 0.3) is 0 Å². The zero-order chi connectivity index (χ0) is 75.4. The summed E-state index contributed by atoms with van der Waals surface area (Å²) in [6.07, 6.45) is -0.171. The molecule has 0 aromatic heterocycles. The molecule has 0 spiro atoms. The van der Waals surface area contributed by atoms with Gasteiger partial charge in [0.05, 0.1) is 25.7 Å². The third-order valence-corrected chi connectivity index (χ3v) is 15.5. The number of primary amides is 1. The molecule has 25 N–H and O–H groups in total. The first kappa shape index (κ1) is 83.0. The summed E-state index contributed by atoms with van der Waals surface area (Å²) in [6.45, 7) is 6.52. The van der Waals surface area contributed by atoms with E-state index in [1.165, 1.54) is 43.3 Å². The molecule has 4 aromatic carbocycles. The van der Waals surface area contributed by atoms with E-state index in [9.17, 15) is 67.7 Å². The van der Waals surface area contributed by atoms with Crippen molar-refractivity contribution in [1.29, 1.82) is 0 Å². The normalized spacial score (nSPS) is 13.6. The van der Waals surface area contributed by atoms with Crippen molar-refractivity contribution in [2.45, 2.75) is 153 Å². The molecule has 0 aliphatic carbocycles. The molecule has 0 bridgehead atoms. The molecule has 0 heterocycles. The fourth-order valence-corrected chi connectivity index (χ4v) is 10.2. The summed E-state index contributed by atoms with van der Waals surface area (Å²) < 4.78 is 0. The average Bonchev–Trinajstić information content (AvgIpc) is 0.865. The Kier molecular flexibility index (Phi) is 35.2. The summed E-state index contributed by atoms with van der Waals surface area (Å²) in [4.78, 5) is 173. The predicted octanol–water partition coefficient (Wildman–Crippen LogP) is -3.37. The summed E-state index contributed by atoms with van der Waals surface area (Å²) in [7, 11) is 0. The topological polar surface area (TPSA) is 558 Å². The third kappa shape index (κ3) is 32.1. The van der Waals surface area contributed by atoms with Gasteiger partial charge in [-0.2, -0.15) is 0 Å². The van der Waals surface area contributed by atoms with E-state index in [4.69, 9.17) is 34.4 Å². The number of benzene rings is 4. The van der Waals surface area contributed by atoms with Crippen molar-refractivity contribution < 1.29 is 67.7 Å². The number of phenols is 2. The van der Waals surface area contributed by atoms with Gasteiger partial charge in [-0.05, 0) is 110 Å². The summed E-state index contributed by atoms with van der Waals surface area (Å²) in [5.41, 5.74) is 36.4. The second kappa shape index (κ2) is 43.2. The Morgan fingerprint density at radius 2 is 0.706 bits per heavy atom. The molecule has 0 saturated heterocycles. The highest BCUT2D eigenvalue weighted by Gasteiger charge is 2.34. The van der Waals surface area contributed by atoms with Crippen LogP contribution in [0.15, 0.2) is 119 Å². The van der Waals surface area contributed by atoms with E-state index in [0.717, 1.165) is 0 Å². The smallest absolute Gasteiger partial charge is 0.243 e. The van der Waals surface area contributed by atoms with Crippen molar-refractivity contribution >= 4 is 82.8 Å². The van der Waals surface area contributed by atoms with Crippen LogP contribution >= 0.6 is 0 Å². The maximum absolute atomic E-state index is 14.7. The molecule has 0 aliphatic heterocycles. The summed E-state index contributed by atoms with van der Waals surface area (Å²) in [6, 6.07) is 17.4. The summed E-state index contributed by atoms with van der Waals surface area (Å²) >= 11 is 0. The van der Waals surface area contributed by atoms with Crippen molar-refractivity contribution in [1.82, 2.24) is 58.5 Å². The van der Waals surface area contributed by atoms with Crippen molar-refractivity contribution in [3.8, 4) is 11.5 Å². The molecule has 102 heavy (non-hydrogen) atoms. The number of hydrogen-bond acceptors (Lipinski definition) is 17. The minimum absolute atomic E-state index is 0.00291. The van der Waals surface area contributed by atoms with Crippen LogP contribution in [0, 0.1) is 11.8 Å². The van der Waals surface area contributed by atoms with Crippen LogP contribution in [-0.2, 0) is 83.2 Å². The van der Waals surface area contributed by atoms with Gasteiger partial charge in [0.2, 0.25) is 70.9 Å². The number of aliphatic imine (C=N–C) groups is 2. The molecule has 33 heteroatoms. The molecule has 0 saturated carbocycles. The van der Waals surface area contributed by atoms with Gasteiger partial charge in [0.1, 0.15) is 59.8 Å². The molecule has 33 nitrogen and oxygen atoms in total. The number of nitrogens with two attached hydrogens (primary N) is 6. The molecule has 9 atom stereocenters. The van der Waals surface area contributed by atoms with Gasteiger partial charge in [-0.3, -0.25) is 67.5 Å². The van der Waals surface area contributed by atoms with E-state index in [-0.39, 0.29) is 113 Å². The lowest BCUT2D eigenvalue weighted by atomic mass is 10.00. The number of hydrogen-bond donors (Lipinski definition) is 19. The van der Waals surface area contributed by atoms with Crippen LogP contribution < -0.4 is 92.9 Å². The van der Waals surface area contributed by atoms with Crippen molar-refractivity contribution in [3.63, 3.8) is 0 Å². The number of amides is 12. The third-order valence-electron chi connectivity index (χ3n) is 15.5. The Labute approximate surface area is 591 Å². The van der Waals surface area contributed by atoms with Crippen LogP contribution in [0.1, 0.15) is 95.4 Å². The fraction of sp³-hybridized carbons (Fsp3) is 0.449. The molecule has 0 aliphatic rings. The fourth-order valence-electron chi connectivity index (χ4n) is 10.2. The molecule has 0 unspecified atom stereocenters. The first-order valence-corrected chi connectivity index (χ1v) is 33.4. The Balaban J connectivity index is 1.54. The zero-order valence-corrected chi connectivity index (χ0v) is 58.0. The number of guanidine groups is 2. The Bertz CT molecular complexity index is 3500. The summed E-state index contributed by atoms with van der Waals surface area (Å²) in [5.74, 6) is -10.7. The standard InChI is InChI=1S/C69H99N19O14/c1-39(2)30-51(59(71)94)86-66(101)54(33-42-14-8-6-9-15-42)82-57(92)37-78-56(91)36-80-62(97)53(35-45-22-26-47(90)27-23-45)88-64(99)50(19-13-29-77-69(74)75)84-63(98)49(18-12-28-76-68(72)73)85-65(100)52(31-40(3)4)87-67(102)55(34-43-16-10-7-11-17-43)83-58(93)38-79-60(95)41(5)81-61(96)48(70)32-44-20-24-46(89)25-21-44/h6-11,14-17,20-27,39-41,48-55,89-90H,12-13,18-19,28-38,70H2,1-5H3,(H2,71,94)(H,78,91)(H,79,95)(H,80,97)(H,81,96)(H,82,92)(H,83,93)(H,84,98)(H,85,100)(H,86,101)(H,87,102)(H,88,99)(H4,72,73,76)(H4,74,75,77)/t41-,48+,49+,50+,51+,52+,53+,54+,55+/m1/s1. The van der Waals surface area contributed by atoms with Gasteiger partial charge < -0.3 is 103 Å². The van der Waals surface area contributed by atoms with Crippen molar-refractivity contribution in [2.75, 3.05) is 32.7 Å². The number of nitrogens with zero attached hydrogens (tertiary/aromatic N) is 2. The Morgan fingerprint density at radius 1 is 0.363 bits per heavy atom. The summed E-state index contributed by atoms with van der Waals surface area (Å²) in [5, 5.41) is 48.0. The number of rotatable bonds is 43. The van der Waals surface area contributed by atoms with E-state index in [1.54, 1.807) is 86.6 Å². The van der Waals surface area contributed by atoms with Crippen LogP contribution in [0.25, 0.3) is 0 Å². The monoisotopic (exact) mass is 1420 g/mol. The lowest BCUT2D eigenvalue weighted by molar-refractivity contribution is -0.135. The minimum atomic E-state index is -1.49. The van der Waals surface area contributed by atoms with Gasteiger partial charge in [0.15, 0.2) is 11.9 Å². The van der Waals surface area contributed by atoms with Gasteiger partial charge >= 0.3 is 0 Å². The molecule has 0 fully saturated rings. The van der Waals surface area contributed by atoms with Crippen LogP contribution in [-0.4, -0.2) is 180 Å². The molecular formula is C69H99N19O14. The molecule has 0 radical (unpaired) electrons. The number of carbonyl (C=O) groups is 12. The minimum Gasteiger partial charge on any atom is -0.508 e. The van der Waals surface area contributed by atoms with E-state index in [1.807, 2.05) is 13.8 Å². The average molecular weight is 1420 g/mol. The molecular weight excluding hydrogens is 1320 g/mol. The maximum Gasteiger partial charge on any atom is 0.243 e. The van der Waals surface area contributed by atoms with E-state index < -0.39 is 145 Å². The van der Waals surface area contributed by atoms with Gasteiger partial charge in [-0.15, -0.1) is 0 Å². The number of nitrogens with one attached hydrogen (secondary N) is 11. The largest absolute Gasteiger partial charge is 0.508 e. The van der Waals surface area contributed by atoms with Crippen LogP contribution in [0.3, 0.4) is 0 Å². The maximum atomic E-state index is 14.7. The molecule has 4 aromatic rings. The highest BCUT2D eigenvalue weighted by atomic mass is 16.3. The first-order valence-electron chi connectivity index (χ1n) is 33.4. The Hall–Kier alpha value is -11.4. The molecule has 554 valence electrons. The second-order valence-corrected chi connectivity index (χ2v) is 25.3. The van der Waals surface area contributed by atoms with Crippen LogP contribution in [0.4, 0.5) is 0 Å². The Morgan fingerprint density at radius 3 is 1.14 bits per heavy atom. The van der Waals surface area contributed by atoms with E-state index >= 15 is 0 Å². The van der Waals surface area contributed by atoms with E-state index in [2.05, 4.69) is 68.5 Å². The highest BCUT2D eigenvalue weighted by molar-refractivity contribution is 5.98. The van der Waals surface area contributed by atoms with Gasteiger partial charge in [-0.25, -0.2) is 0 Å². The quantitative estimate of drug-likeness (QED) is 0.0117. The SMILES string of the molecule is CC(C)C[C@H](NC(=O)[C@H](Cc1ccccc1)NC(=O)CNC(=O)CNC(=O)[C@H](Cc1ccc(O)cc1)NC(=O)[C@H](CCCN=C(N)N)NC(=O)[C@H](CCCN=C(N)N)NC(=O)[C@H](CC(C)C)NC(=O)[C@H](Cc1ccccc1)NC(=O)CNC(=O)[C@@H](C)NC(=O)[C@@H](N)Cc1ccc(O)cc1)C(N)=O. The second-order valence-electron chi connectivity index (χ2n) is 25.3. The predicted molar refractivity (Wildman–Crippen MR) is 380 cm³/mol. The van der Waals surface area contributed by atoms with Crippen LogP contribution in [0.5, 0.6) is 11.5 Å². The molecule has 4 rings (SSSR count). The number of phenolic OH excluding ortho intramolecular Hbond substituents is 2. The highest BCUT2D eigenvalue weighted by Crippen LogP contribution is 2.16. The zero-order valence-electron chi connectivity index (χ0n) is 58.0. The van der Waals surface area contributed by atoms with Gasteiger partial charge in [-0.1, -0.05) is 113 Å². The van der Waals surface area contributed by atoms with Crippen molar-refractivity contribution in [3.05, 3.63) is 131 Å². The number of carbonyl (C=O) groups excluding carboxylic acids is 12. The lowest BCUT2D eigenvalue weighted by Gasteiger charge is -2.28. The lowest BCUT2D eigenvalue weighted by Crippen LogP contribution is -2.60. The number of aromatic hydroxyl groups is 2. The van der Waals surface area contributed by atoms with E-state index in [0.29, 0.717) is 22.3 Å². The van der Waals surface area contributed by atoms with Crippen molar-refractivity contribution in [2.24, 2.45) is 56.2 Å².